The zero-order valence-electron chi connectivity index (χ0n) is 9.77. The summed E-state index contributed by atoms with van der Waals surface area (Å²) in [7, 11) is 0. The third-order valence-corrected chi connectivity index (χ3v) is 4.11. The van der Waals surface area contributed by atoms with Crippen LogP contribution in [0.15, 0.2) is 0 Å². The van der Waals surface area contributed by atoms with Crippen LogP contribution in [-0.2, 0) is 4.79 Å². The second-order valence-corrected chi connectivity index (χ2v) is 5.19. The molecule has 4 nitrogen and oxygen atoms in total. The Bertz CT molecular complexity index is 255. The summed E-state index contributed by atoms with van der Waals surface area (Å²) < 4.78 is 0. The molecule has 1 aliphatic carbocycles. The summed E-state index contributed by atoms with van der Waals surface area (Å²) in [6.07, 6.45) is 7.72. The van der Waals surface area contributed by atoms with Crippen LogP contribution in [0.4, 0.5) is 0 Å². The van der Waals surface area contributed by atoms with Gasteiger partial charge in [0.1, 0.15) is 6.04 Å². The third kappa shape index (κ3) is 2.55. The molecule has 1 saturated carbocycles. The van der Waals surface area contributed by atoms with Gasteiger partial charge < -0.3 is 10.8 Å². The van der Waals surface area contributed by atoms with Gasteiger partial charge in [-0.1, -0.05) is 12.8 Å². The molecule has 0 radical (unpaired) electrons. The lowest BCUT2D eigenvalue weighted by Gasteiger charge is -2.44. The Hall–Kier alpha value is -0.610. The smallest absolute Gasteiger partial charge is 0.321 e. The minimum absolute atomic E-state index is 0.524. The van der Waals surface area contributed by atoms with Gasteiger partial charge in [-0.3, -0.25) is 9.69 Å². The van der Waals surface area contributed by atoms with Crippen LogP contribution in [-0.4, -0.2) is 41.1 Å². The Kier molecular flexibility index (Phi) is 3.82. The van der Waals surface area contributed by atoms with Crippen molar-refractivity contribution in [3.05, 3.63) is 0 Å². The Morgan fingerprint density at radius 2 is 2.00 bits per heavy atom. The summed E-state index contributed by atoms with van der Waals surface area (Å²) >= 11 is 0. The zero-order chi connectivity index (χ0) is 11.5. The average Bonchev–Trinajstić information content (AvgIpc) is 2.29. The lowest BCUT2D eigenvalue weighted by Crippen LogP contribution is -2.52. The Morgan fingerprint density at radius 1 is 1.31 bits per heavy atom. The van der Waals surface area contributed by atoms with Crippen molar-refractivity contribution >= 4 is 5.97 Å². The van der Waals surface area contributed by atoms with Crippen molar-refractivity contribution in [1.29, 1.82) is 0 Å². The topological polar surface area (TPSA) is 66.6 Å². The van der Waals surface area contributed by atoms with E-state index in [-0.39, 0.29) is 0 Å². The summed E-state index contributed by atoms with van der Waals surface area (Å²) in [5.74, 6) is -0.0820. The average molecular weight is 226 g/mol. The second kappa shape index (κ2) is 5.15. The molecule has 3 N–H and O–H groups in total. The molecule has 2 rings (SSSR count). The van der Waals surface area contributed by atoms with E-state index in [0.717, 1.165) is 12.5 Å². The maximum Gasteiger partial charge on any atom is 0.321 e. The molecule has 1 heterocycles. The van der Waals surface area contributed by atoms with Crippen molar-refractivity contribution < 1.29 is 9.90 Å². The van der Waals surface area contributed by atoms with Crippen LogP contribution in [0.5, 0.6) is 0 Å². The predicted octanol–water partition coefficient (Wildman–Crippen LogP) is 1.05. The van der Waals surface area contributed by atoms with E-state index in [0.29, 0.717) is 12.6 Å². The minimum atomic E-state index is -0.877. The van der Waals surface area contributed by atoms with Gasteiger partial charge in [-0.25, -0.2) is 0 Å². The zero-order valence-corrected chi connectivity index (χ0v) is 9.77. The second-order valence-electron chi connectivity index (χ2n) is 5.19. The molecule has 3 atom stereocenters. The van der Waals surface area contributed by atoms with Gasteiger partial charge in [0, 0.05) is 12.6 Å². The number of carbonyl (C=O) groups is 1. The van der Waals surface area contributed by atoms with E-state index >= 15 is 0 Å². The molecular weight excluding hydrogens is 204 g/mol. The minimum Gasteiger partial charge on any atom is -0.480 e. The van der Waals surface area contributed by atoms with E-state index in [1.807, 2.05) is 0 Å². The van der Waals surface area contributed by atoms with Crippen molar-refractivity contribution in [3.8, 4) is 0 Å². The molecular formula is C12H22N2O2. The Balaban J connectivity index is 1.94. The van der Waals surface area contributed by atoms with Gasteiger partial charge in [-0.2, -0.15) is 0 Å². The molecule has 4 heteroatoms. The number of piperidine rings is 1. The van der Waals surface area contributed by atoms with Crippen LogP contribution in [0.25, 0.3) is 0 Å². The van der Waals surface area contributed by atoms with E-state index in [9.17, 15) is 4.79 Å². The van der Waals surface area contributed by atoms with Gasteiger partial charge in [0.2, 0.25) is 0 Å². The summed E-state index contributed by atoms with van der Waals surface area (Å²) in [5, 5.41) is 8.86. The molecule has 16 heavy (non-hydrogen) atoms. The maximum atomic E-state index is 10.8. The van der Waals surface area contributed by atoms with Crippen LogP contribution in [0.1, 0.15) is 38.5 Å². The number of carboxylic acid groups (broad SMARTS) is 1. The molecule has 0 aromatic heterocycles. The Labute approximate surface area is 96.8 Å². The highest BCUT2D eigenvalue weighted by Gasteiger charge is 2.34. The van der Waals surface area contributed by atoms with Gasteiger partial charge in [-0.15, -0.1) is 0 Å². The third-order valence-electron chi connectivity index (χ3n) is 4.11. The first-order chi connectivity index (χ1) is 7.68. The van der Waals surface area contributed by atoms with E-state index in [1.54, 1.807) is 0 Å². The number of hydrogen-bond acceptors (Lipinski definition) is 3. The van der Waals surface area contributed by atoms with Crippen molar-refractivity contribution in [1.82, 2.24) is 4.90 Å². The van der Waals surface area contributed by atoms with Gasteiger partial charge in [0.15, 0.2) is 0 Å². The lowest BCUT2D eigenvalue weighted by atomic mass is 9.78. The Morgan fingerprint density at radius 3 is 2.75 bits per heavy atom. The standard InChI is InChI=1S/C12H22N2O2/c13-10(12(15)16)8-14-7-3-5-9-4-1-2-6-11(9)14/h9-11H,1-8,13H2,(H,15,16)/t9-,10?,11-/m1/s1. The molecule has 1 unspecified atom stereocenters. The molecule has 0 aromatic rings. The molecule has 1 aliphatic heterocycles. The quantitative estimate of drug-likeness (QED) is 0.755. The summed E-state index contributed by atoms with van der Waals surface area (Å²) in [6.45, 7) is 1.55. The first-order valence-electron chi connectivity index (χ1n) is 6.41. The number of aliphatic carboxylic acids is 1. The highest BCUT2D eigenvalue weighted by Crippen LogP contribution is 2.35. The fourth-order valence-electron chi connectivity index (χ4n) is 3.29. The first-order valence-corrected chi connectivity index (χ1v) is 6.41. The first kappa shape index (κ1) is 11.9. The fraction of sp³-hybridized carbons (Fsp3) is 0.917. The SMILES string of the molecule is NC(CN1CCC[C@H]2CCCC[C@H]21)C(=O)O. The van der Waals surface area contributed by atoms with Crippen molar-refractivity contribution in [3.63, 3.8) is 0 Å². The number of hydrogen-bond donors (Lipinski definition) is 2. The highest BCUT2D eigenvalue weighted by atomic mass is 16.4. The molecule has 0 spiro atoms. The summed E-state index contributed by atoms with van der Waals surface area (Å²) in [4.78, 5) is 13.1. The normalized spacial score (nSPS) is 33.1. The molecule has 2 fully saturated rings. The highest BCUT2D eigenvalue weighted by molar-refractivity contribution is 5.73. The number of rotatable bonds is 3. The van der Waals surface area contributed by atoms with Crippen LogP contribution in [0.2, 0.25) is 0 Å². The summed E-state index contributed by atoms with van der Waals surface area (Å²) in [6, 6.07) is -0.117. The van der Waals surface area contributed by atoms with Crippen LogP contribution >= 0.6 is 0 Å². The number of nitrogens with two attached hydrogens (primary N) is 1. The molecule has 0 amide bonds. The van der Waals surface area contributed by atoms with E-state index in [2.05, 4.69) is 4.90 Å². The van der Waals surface area contributed by atoms with Crippen molar-refractivity contribution in [2.45, 2.75) is 50.6 Å². The molecule has 0 bridgehead atoms. The van der Waals surface area contributed by atoms with Crippen LogP contribution < -0.4 is 5.73 Å². The lowest BCUT2D eigenvalue weighted by molar-refractivity contribution is -0.139. The van der Waals surface area contributed by atoms with E-state index in [1.165, 1.54) is 38.5 Å². The van der Waals surface area contributed by atoms with Gasteiger partial charge in [-0.05, 0) is 38.1 Å². The van der Waals surface area contributed by atoms with Crippen LogP contribution in [0, 0.1) is 5.92 Å². The monoisotopic (exact) mass is 226 g/mol. The fourth-order valence-corrected chi connectivity index (χ4v) is 3.29. The van der Waals surface area contributed by atoms with Crippen molar-refractivity contribution in [2.75, 3.05) is 13.1 Å². The number of likely N-dealkylation sites (tertiary alicyclic amines) is 1. The molecule has 0 aromatic carbocycles. The predicted molar refractivity (Wildman–Crippen MR) is 62.2 cm³/mol. The number of nitrogens with zero attached hydrogens (tertiary/aromatic N) is 1. The van der Waals surface area contributed by atoms with Gasteiger partial charge in [0.25, 0.3) is 0 Å². The number of fused-ring (bicyclic) bond motifs is 1. The van der Waals surface area contributed by atoms with Crippen LogP contribution in [0.3, 0.4) is 0 Å². The van der Waals surface area contributed by atoms with E-state index < -0.39 is 12.0 Å². The van der Waals surface area contributed by atoms with Gasteiger partial charge >= 0.3 is 5.97 Å². The van der Waals surface area contributed by atoms with E-state index in [4.69, 9.17) is 10.8 Å². The molecule has 92 valence electrons. The maximum absolute atomic E-state index is 10.8. The molecule has 2 aliphatic rings. The molecule has 1 saturated heterocycles. The van der Waals surface area contributed by atoms with Crippen molar-refractivity contribution in [2.24, 2.45) is 11.7 Å². The summed E-state index contributed by atoms with van der Waals surface area (Å²) in [5.41, 5.74) is 5.63. The largest absolute Gasteiger partial charge is 0.480 e. The number of carboxylic acids is 1. The van der Waals surface area contributed by atoms with Gasteiger partial charge in [0.05, 0.1) is 0 Å².